The van der Waals surface area contributed by atoms with Crippen molar-refractivity contribution < 1.29 is 4.74 Å². The quantitative estimate of drug-likeness (QED) is 0.727. The molecule has 0 radical (unpaired) electrons. The molecule has 0 aromatic carbocycles. The molecule has 0 aromatic rings. The predicted octanol–water partition coefficient (Wildman–Crippen LogP) is 0.836. The van der Waals surface area contributed by atoms with Gasteiger partial charge in [-0.05, 0) is 32.4 Å². The molecule has 14 heavy (non-hydrogen) atoms. The fourth-order valence-electron chi connectivity index (χ4n) is 2.65. The van der Waals surface area contributed by atoms with E-state index >= 15 is 0 Å². The first-order valence-corrected chi connectivity index (χ1v) is 5.75. The molecule has 2 aliphatic rings. The van der Waals surface area contributed by atoms with E-state index in [9.17, 15) is 0 Å². The minimum Gasteiger partial charge on any atom is -0.380 e. The maximum atomic E-state index is 5.63. The van der Waals surface area contributed by atoms with Crippen molar-refractivity contribution in [1.82, 2.24) is 4.90 Å². The number of hydrogen-bond acceptors (Lipinski definition) is 3. The highest BCUT2D eigenvalue weighted by atomic mass is 16.5. The van der Waals surface area contributed by atoms with Gasteiger partial charge in [-0.1, -0.05) is 6.92 Å². The topological polar surface area (TPSA) is 38.5 Å². The van der Waals surface area contributed by atoms with Crippen molar-refractivity contribution in [2.45, 2.75) is 32.2 Å². The van der Waals surface area contributed by atoms with Gasteiger partial charge in [0.25, 0.3) is 0 Å². The first kappa shape index (κ1) is 10.4. The Bertz CT molecular complexity index is 192. The Labute approximate surface area is 86.6 Å². The van der Waals surface area contributed by atoms with E-state index < -0.39 is 0 Å². The van der Waals surface area contributed by atoms with Crippen LogP contribution in [0.1, 0.15) is 26.2 Å². The van der Waals surface area contributed by atoms with Crippen molar-refractivity contribution in [3.8, 4) is 0 Å². The highest BCUT2D eigenvalue weighted by Gasteiger charge is 2.37. The van der Waals surface area contributed by atoms with Gasteiger partial charge in [0.2, 0.25) is 0 Å². The normalized spacial score (nSPS) is 31.7. The van der Waals surface area contributed by atoms with E-state index in [1.807, 2.05) is 0 Å². The van der Waals surface area contributed by atoms with Crippen molar-refractivity contribution in [2.24, 2.45) is 11.1 Å². The van der Waals surface area contributed by atoms with Crippen LogP contribution in [0.25, 0.3) is 0 Å². The van der Waals surface area contributed by atoms with Gasteiger partial charge in [0.05, 0.1) is 13.2 Å². The Morgan fingerprint density at radius 1 is 1.50 bits per heavy atom. The summed E-state index contributed by atoms with van der Waals surface area (Å²) in [6.45, 7) is 7.51. The summed E-state index contributed by atoms with van der Waals surface area (Å²) >= 11 is 0. The molecule has 3 heteroatoms. The van der Waals surface area contributed by atoms with Gasteiger partial charge in [-0.25, -0.2) is 0 Å². The molecule has 0 aliphatic carbocycles. The molecule has 82 valence electrons. The summed E-state index contributed by atoms with van der Waals surface area (Å²) in [5.74, 6) is 0. The molecule has 2 aliphatic heterocycles. The molecule has 0 spiro atoms. The van der Waals surface area contributed by atoms with E-state index in [1.165, 1.54) is 25.9 Å². The average Bonchev–Trinajstić information content (AvgIpc) is 2.51. The summed E-state index contributed by atoms with van der Waals surface area (Å²) in [6.07, 6.45) is 3.85. The lowest BCUT2D eigenvalue weighted by molar-refractivity contribution is -0.116. The van der Waals surface area contributed by atoms with Crippen molar-refractivity contribution in [3.63, 3.8) is 0 Å². The zero-order valence-corrected chi connectivity index (χ0v) is 9.17. The van der Waals surface area contributed by atoms with Crippen LogP contribution in [0.15, 0.2) is 0 Å². The van der Waals surface area contributed by atoms with Gasteiger partial charge >= 0.3 is 0 Å². The first-order valence-electron chi connectivity index (χ1n) is 5.75. The summed E-state index contributed by atoms with van der Waals surface area (Å²) in [5, 5.41) is 0. The monoisotopic (exact) mass is 198 g/mol. The van der Waals surface area contributed by atoms with Crippen molar-refractivity contribution >= 4 is 0 Å². The van der Waals surface area contributed by atoms with Crippen molar-refractivity contribution in [2.75, 3.05) is 32.8 Å². The summed E-state index contributed by atoms with van der Waals surface area (Å²) in [7, 11) is 0. The highest BCUT2D eigenvalue weighted by molar-refractivity contribution is 4.89. The maximum absolute atomic E-state index is 5.63. The Balaban J connectivity index is 1.83. The molecule has 0 aromatic heterocycles. The number of nitrogens with zero attached hydrogens (tertiary/aromatic N) is 1. The van der Waals surface area contributed by atoms with E-state index in [2.05, 4.69) is 11.8 Å². The lowest BCUT2D eigenvalue weighted by atomic mass is 9.88. The van der Waals surface area contributed by atoms with Gasteiger partial charge in [0.1, 0.15) is 0 Å². The van der Waals surface area contributed by atoms with Crippen LogP contribution in [-0.4, -0.2) is 43.8 Å². The molecular weight excluding hydrogens is 176 g/mol. The molecule has 2 rings (SSSR count). The Morgan fingerprint density at radius 3 is 2.86 bits per heavy atom. The molecule has 0 bridgehead atoms. The fraction of sp³-hybridized carbons (Fsp3) is 1.00. The SMILES string of the molecule is CC1(CN2CCCC2CCN)COC1. The van der Waals surface area contributed by atoms with E-state index in [0.717, 1.165) is 32.2 Å². The van der Waals surface area contributed by atoms with Crippen LogP contribution in [0, 0.1) is 5.41 Å². The largest absolute Gasteiger partial charge is 0.380 e. The second kappa shape index (κ2) is 4.17. The third-order valence-electron chi connectivity index (χ3n) is 3.48. The van der Waals surface area contributed by atoms with Gasteiger partial charge in [0, 0.05) is 18.0 Å². The molecule has 2 N–H and O–H groups in total. The molecule has 3 nitrogen and oxygen atoms in total. The molecule has 1 unspecified atom stereocenters. The highest BCUT2D eigenvalue weighted by Crippen LogP contribution is 2.31. The van der Waals surface area contributed by atoms with Crippen LogP contribution in [0.3, 0.4) is 0 Å². The molecular formula is C11H22N2O. The second-order valence-corrected chi connectivity index (χ2v) is 5.15. The van der Waals surface area contributed by atoms with E-state index in [1.54, 1.807) is 0 Å². The van der Waals surface area contributed by atoms with Crippen LogP contribution < -0.4 is 5.73 Å². The lowest BCUT2D eigenvalue weighted by Gasteiger charge is -2.42. The standard InChI is InChI=1S/C11H22N2O/c1-11(8-14-9-11)7-13-6-2-3-10(13)4-5-12/h10H,2-9,12H2,1H3. The summed E-state index contributed by atoms with van der Waals surface area (Å²) in [5.41, 5.74) is 6.06. The number of hydrogen-bond donors (Lipinski definition) is 1. The smallest absolute Gasteiger partial charge is 0.0554 e. The lowest BCUT2D eigenvalue weighted by Crippen LogP contribution is -2.50. The first-order chi connectivity index (χ1) is 6.73. The number of likely N-dealkylation sites (tertiary alicyclic amines) is 1. The third-order valence-corrected chi connectivity index (χ3v) is 3.48. The average molecular weight is 198 g/mol. The van der Waals surface area contributed by atoms with E-state index in [0.29, 0.717) is 5.41 Å². The zero-order chi connectivity index (χ0) is 10.0. The molecule has 2 saturated heterocycles. The Kier molecular flexibility index (Phi) is 3.10. The van der Waals surface area contributed by atoms with Gasteiger partial charge in [-0.15, -0.1) is 0 Å². The van der Waals surface area contributed by atoms with Gasteiger partial charge in [-0.2, -0.15) is 0 Å². The molecule has 1 atom stereocenters. The van der Waals surface area contributed by atoms with Crippen LogP contribution in [-0.2, 0) is 4.74 Å². The summed E-state index contributed by atoms with van der Waals surface area (Å²) < 4.78 is 5.29. The van der Waals surface area contributed by atoms with Crippen LogP contribution >= 0.6 is 0 Å². The van der Waals surface area contributed by atoms with Gasteiger partial charge < -0.3 is 10.5 Å². The van der Waals surface area contributed by atoms with Crippen molar-refractivity contribution in [1.29, 1.82) is 0 Å². The number of rotatable bonds is 4. The van der Waals surface area contributed by atoms with Gasteiger partial charge in [-0.3, -0.25) is 4.90 Å². The van der Waals surface area contributed by atoms with E-state index in [4.69, 9.17) is 10.5 Å². The molecule has 0 amide bonds. The van der Waals surface area contributed by atoms with Crippen LogP contribution in [0.2, 0.25) is 0 Å². The number of nitrogens with two attached hydrogens (primary N) is 1. The molecule has 2 fully saturated rings. The predicted molar refractivity (Wildman–Crippen MR) is 57.2 cm³/mol. The Hall–Kier alpha value is -0.120. The van der Waals surface area contributed by atoms with Crippen molar-refractivity contribution in [3.05, 3.63) is 0 Å². The Morgan fingerprint density at radius 2 is 2.29 bits per heavy atom. The van der Waals surface area contributed by atoms with E-state index in [-0.39, 0.29) is 0 Å². The molecule has 2 heterocycles. The second-order valence-electron chi connectivity index (χ2n) is 5.15. The summed E-state index contributed by atoms with van der Waals surface area (Å²) in [4.78, 5) is 2.62. The summed E-state index contributed by atoms with van der Waals surface area (Å²) in [6, 6.07) is 0.748. The number of ether oxygens (including phenoxy) is 1. The zero-order valence-electron chi connectivity index (χ0n) is 9.17. The minimum absolute atomic E-state index is 0.428. The van der Waals surface area contributed by atoms with Crippen LogP contribution in [0.4, 0.5) is 0 Å². The minimum atomic E-state index is 0.428. The van der Waals surface area contributed by atoms with Gasteiger partial charge in [0.15, 0.2) is 0 Å². The molecule has 0 saturated carbocycles. The fourth-order valence-corrected chi connectivity index (χ4v) is 2.65. The van der Waals surface area contributed by atoms with Crippen LogP contribution in [0.5, 0.6) is 0 Å². The third kappa shape index (κ3) is 2.10. The maximum Gasteiger partial charge on any atom is 0.0554 e.